The van der Waals surface area contributed by atoms with Crippen LogP contribution in [0.2, 0.25) is 0 Å². The molecule has 0 amide bonds. The van der Waals surface area contributed by atoms with Gasteiger partial charge in [0.2, 0.25) is 0 Å². The number of hydrogen-bond acceptors (Lipinski definition) is 2. The Morgan fingerprint density at radius 1 is 1.00 bits per heavy atom. The number of aldehydes is 1. The number of carbonyl (C=O) groups is 1. The van der Waals surface area contributed by atoms with E-state index < -0.39 is 0 Å². The highest BCUT2D eigenvalue weighted by Crippen LogP contribution is 2.69. The Bertz CT molecular complexity index is 587. The van der Waals surface area contributed by atoms with Gasteiger partial charge in [-0.25, -0.2) is 0 Å². The minimum atomic E-state index is -0.382. The average molecular weight is 389 g/mol. The van der Waals surface area contributed by atoms with E-state index in [9.17, 15) is 9.90 Å². The third kappa shape index (κ3) is 3.12. The molecule has 4 rings (SSSR count). The van der Waals surface area contributed by atoms with Gasteiger partial charge in [-0.2, -0.15) is 0 Å². The fourth-order valence-electron chi connectivity index (χ4n) is 9.15. The Morgan fingerprint density at radius 2 is 1.75 bits per heavy atom. The maximum Gasteiger partial charge on any atom is 0.120 e. The van der Waals surface area contributed by atoms with Crippen LogP contribution in [0.3, 0.4) is 0 Å². The first kappa shape index (κ1) is 20.9. The first-order valence-electron chi connectivity index (χ1n) is 12.4. The van der Waals surface area contributed by atoms with Crippen molar-refractivity contribution in [2.75, 3.05) is 0 Å². The molecule has 4 fully saturated rings. The summed E-state index contributed by atoms with van der Waals surface area (Å²) in [4.78, 5) is 10.9. The smallest absolute Gasteiger partial charge is 0.120 e. The van der Waals surface area contributed by atoms with Gasteiger partial charge in [-0.3, -0.25) is 0 Å². The van der Waals surface area contributed by atoms with Crippen LogP contribution in [-0.4, -0.2) is 17.0 Å². The Labute approximate surface area is 173 Å². The van der Waals surface area contributed by atoms with Crippen molar-refractivity contribution in [3.8, 4) is 0 Å². The molecule has 0 bridgehead atoms. The van der Waals surface area contributed by atoms with Crippen molar-refractivity contribution in [1.29, 1.82) is 0 Å². The van der Waals surface area contributed by atoms with Gasteiger partial charge in [-0.15, -0.1) is 0 Å². The van der Waals surface area contributed by atoms with E-state index in [1.165, 1.54) is 44.9 Å². The van der Waals surface area contributed by atoms with Gasteiger partial charge < -0.3 is 9.90 Å². The van der Waals surface area contributed by atoms with Crippen molar-refractivity contribution in [2.45, 2.75) is 110 Å². The third-order valence-corrected chi connectivity index (χ3v) is 11.0. The second kappa shape index (κ2) is 7.40. The second-order valence-electron chi connectivity index (χ2n) is 11.9. The SMILES string of the molecule is CC[C@]1(O)CC[C@@]2(C)[C@@H](CCC3[C@@H]2CC[C@]2(C)[C@@H]([C@H](C)CCC=O)CC[C@@H]32)C1. The van der Waals surface area contributed by atoms with Crippen LogP contribution in [0.25, 0.3) is 0 Å². The van der Waals surface area contributed by atoms with Gasteiger partial charge in [0.25, 0.3) is 0 Å². The van der Waals surface area contributed by atoms with Crippen LogP contribution in [0.15, 0.2) is 0 Å². The van der Waals surface area contributed by atoms with E-state index in [1.807, 2.05) is 0 Å². The summed E-state index contributed by atoms with van der Waals surface area (Å²) in [5, 5.41) is 11.0. The van der Waals surface area contributed by atoms with E-state index in [0.717, 1.165) is 68.0 Å². The quantitative estimate of drug-likeness (QED) is 0.553. The Morgan fingerprint density at radius 3 is 2.46 bits per heavy atom. The zero-order valence-electron chi connectivity index (χ0n) is 18.9. The first-order chi connectivity index (χ1) is 13.3. The van der Waals surface area contributed by atoms with Crippen molar-refractivity contribution in [3.05, 3.63) is 0 Å². The molecule has 0 aliphatic heterocycles. The lowest BCUT2D eigenvalue weighted by Gasteiger charge is -2.62. The lowest BCUT2D eigenvalue weighted by atomic mass is 9.43. The van der Waals surface area contributed by atoms with Crippen LogP contribution >= 0.6 is 0 Å². The molecule has 0 aromatic rings. The molecule has 4 aliphatic carbocycles. The molecule has 0 aromatic heterocycles. The molecule has 2 heteroatoms. The number of carbonyl (C=O) groups excluding carboxylic acids is 1. The number of hydrogen-bond donors (Lipinski definition) is 1. The van der Waals surface area contributed by atoms with Crippen LogP contribution in [0, 0.1) is 46.3 Å². The third-order valence-electron chi connectivity index (χ3n) is 11.0. The van der Waals surface area contributed by atoms with E-state index in [4.69, 9.17) is 0 Å². The monoisotopic (exact) mass is 388 g/mol. The van der Waals surface area contributed by atoms with Crippen molar-refractivity contribution in [3.63, 3.8) is 0 Å². The number of rotatable bonds is 5. The summed E-state index contributed by atoms with van der Waals surface area (Å²) in [5.74, 6) is 4.95. The van der Waals surface area contributed by atoms with Gasteiger partial charge in [-0.05, 0) is 117 Å². The standard InChI is InChI=1S/C26H44O2/c1-5-26(28)15-14-24(3)19(17-26)8-9-20-22-11-10-21(18(2)7-6-16-27)25(22,4)13-12-23(20)24/h16,18-23,28H,5-15,17H2,1-4H3/t18-,19+,20?,21-,22+,23+,24+,25-,26+/m1/s1. The predicted molar refractivity (Wildman–Crippen MR) is 115 cm³/mol. The molecule has 9 atom stereocenters. The maximum atomic E-state index is 11.0. The van der Waals surface area contributed by atoms with Crippen molar-refractivity contribution in [2.24, 2.45) is 46.3 Å². The summed E-state index contributed by atoms with van der Waals surface area (Å²) in [6.45, 7) is 9.81. The summed E-state index contributed by atoms with van der Waals surface area (Å²) in [6, 6.07) is 0. The molecule has 0 saturated heterocycles. The average Bonchev–Trinajstić information content (AvgIpc) is 3.04. The van der Waals surface area contributed by atoms with Crippen LogP contribution in [0.5, 0.6) is 0 Å². The zero-order valence-corrected chi connectivity index (χ0v) is 18.9. The van der Waals surface area contributed by atoms with Crippen molar-refractivity contribution in [1.82, 2.24) is 0 Å². The molecule has 4 saturated carbocycles. The lowest BCUT2D eigenvalue weighted by Crippen LogP contribution is -2.56. The highest BCUT2D eigenvalue weighted by atomic mass is 16.3. The summed E-state index contributed by atoms with van der Waals surface area (Å²) >= 11 is 0. The summed E-state index contributed by atoms with van der Waals surface area (Å²) in [5.41, 5.74) is 0.588. The highest BCUT2D eigenvalue weighted by molar-refractivity contribution is 5.49. The number of fused-ring (bicyclic) bond motifs is 5. The Balaban J connectivity index is 1.52. The summed E-state index contributed by atoms with van der Waals surface area (Å²) < 4.78 is 0. The van der Waals surface area contributed by atoms with E-state index >= 15 is 0 Å². The van der Waals surface area contributed by atoms with E-state index in [-0.39, 0.29) is 5.60 Å². The molecule has 0 heterocycles. The Hall–Kier alpha value is -0.370. The lowest BCUT2D eigenvalue weighted by molar-refractivity contribution is -0.152. The normalized spacial score (nSPS) is 51.7. The largest absolute Gasteiger partial charge is 0.390 e. The molecule has 2 nitrogen and oxygen atoms in total. The molecule has 0 radical (unpaired) electrons. The predicted octanol–water partition coefficient (Wildman–Crippen LogP) is 6.40. The summed E-state index contributed by atoms with van der Waals surface area (Å²) in [7, 11) is 0. The molecular formula is C26H44O2. The second-order valence-corrected chi connectivity index (χ2v) is 11.9. The van der Waals surface area contributed by atoms with Crippen LogP contribution < -0.4 is 0 Å². The van der Waals surface area contributed by atoms with Gasteiger partial charge in [-0.1, -0.05) is 27.7 Å². The fourth-order valence-corrected chi connectivity index (χ4v) is 9.15. The topological polar surface area (TPSA) is 37.3 Å². The van der Waals surface area contributed by atoms with E-state index in [1.54, 1.807) is 0 Å². The van der Waals surface area contributed by atoms with Gasteiger partial charge in [0.15, 0.2) is 0 Å². The molecule has 0 aromatic carbocycles. The Kier molecular flexibility index (Phi) is 5.52. The molecule has 160 valence electrons. The maximum absolute atomic E-state index is 11.0. The molecule has 1 N–H and O–H groups in total. The van der Waals surface area contributed by atoms with Gasteiger partial charge >= 0.3 is 0 Å². The molecule has 1 unspecified atom stereocenters. The number of aliphatic hydroxyl groups is 1. The molecule has 4 aliphatic rings. The minimum Gasteiger partial charge on any atom is -0.390 e. The zero-order chi connectivity index (χ0) is 20.2. The summed E-state index contributed by atoms with van der Waals surface area (Å²) in [6.07, 6.45) is 15.5. The van der Waals surface area contributed by atoms with Gasteiger partial charge in [0.05, 0.1) is 5.60 Å². The molecule has 28 heavy (non-hydrogen) atoms. The minimum absolute atomic E-state index is 0.382. The van der Waals surface area contributed by atoms with E-state index in [2.05, 4.69) is 27.7 Å². The van der Waals surface area contributed by atoms with Gasteiger partial charge in [0, 0.05) is 6.42 Å². The van der Waals surface area contributed by atoms with Crippen LogP contribution in [0.1, 0.15) is 105 Å². The van der Waals surface area contributed by atoms with Gasteiger partial charge in [0.1, 0.15) is 6.29 Å². The fraction of sp³-hybridized carbons (Fsp3) is 0.962. The molecular weight excluding hydrogens is 344 g/mol. The molecule has 0 spiro atoms. The first-order valence-corrected chi connectivity index (χ1v) is 12.4. The van der Waals surface area contributed by atoms with Crippen molar-refractivity contribution >= 4 is 6.29 Å². The van der Waals surface area contributed by atoms with Crippen LogP contribution in [0.4, 0.5) is 0 Å². The van der Waals surface area contributed by atoms with Crippen molar-refractivity contribution < 1.29 is 9.90 Å². The highest BCUT2D eigenvalue weighted by Gasteiger charge is 2.61. The van der Waals surface area contributed by atoms with Crippen LogP contribution in [-0.2, 0) is 4.79 Å². The van der Waals surface area contributed by atoms with E-state index in [0.29, 0.717) is 16.7 Å².